The van der Waals surface area contributed by atoms with E-state index in [9.17, 15) is 4.39 Å². The van der Waals surface area contributed by atoms with E-state index in [0.29, 0.717) is 6.54 Å². The Kier molecular flexibility index (Phi) is 2.88. The van der Waals surface area contributed by atoms with E-state index < -0.39 is 0 Å². The van der Waals surface area contributed by atoms with Gasteiger partial charge in [-0.2, -0.15) is 0 Å². The quantitative estimate of drug-likeness (QED) is 0.808. The number of nitrogens with two attached hydrogens (primary N) is 1. The van der Waals surface area contributed by atoms with E-state index in [1.54, 1.807) is 13.2 Å². The van der Waals surface area contributed by atoms with E-state index in [4.69, 9.17) is 10.5 Å². The maximum atomic E-state index is 13.0. The third kappa shape index (κ3) is 2.27. The van der Waals surface area contributed by atoms with Crippen LogP contribution in [-0.2, 0) is 6.54 Å². The molecule has 1 aromatic rings. The topological polar surface area (TPSA) is 38.5 Å². The van der Waals surface area contributed by atoms with Crippen LogP contribution in [0.1, 0.15) is 5.56 Å². The molecule has 0 radical (unpaired) electrons. The SMILES string of the molecule is COc1ccc(F)cc1CN1CC(N)C1. The van der Waals surface area contributed by atoms with Crippen molar-refractivity contribution in [3.63, 3.8) is 0 Å². The van der Waals surface area contributed by atoms with Gasteiger partial charge in [0.2, 0.25) is 0 Å². The van der Waals surface area contributed by atoms with Gasteiger partial charge in [-0.3, -0.25) is 4.90 Å². The Labute approximate surface area is 88.6 Å². The Morgan fingerprint density at radius 1 is 1.53 bits per heavy atom. The Bertz CT molecular complexity index is 350. The molecule has 2 N–H and O–H groups in total. The molecule has 0 unspecified atom stereocenters. The van der Waals surface area contributed by atoms with E-state index in [1.807, 2.05) is 0 Å². The highest BCUT2D eigenvalue weighted by molar-refractivity contribution is 5.34. The van der Waals surface area contributed by atoms with Crippen molar-refractivity contribution in [3.8, 4) is 5.75 Å². The van der Waals surface area contributed by atoms with Gasteiger partial charge in [0.25, 0.3) is 0 Å². The van der Waals surface area contributed by atoms with Crippen LogP contribution in [0.5, 0.6) is 5.75 Å². The first kappa shape index (κ1) is 10.4. The fraction of sp³-hybridized carbons (Fsp3) is 0.455. The molecule has 2 rings (SSSR count). The molecule has 1 aliphatic rings. The second-order valence-electron chi connectivity index (χ2n) is 3.91. The van der Waals surface area contributed by atoms with Crippen molar-refractivity contribution >= 4 is 0 Å². The maximum absolute atomic E-state index is 13.0. The first-order valence-corrected chi connectivity index (χ1v) is 4.99. The first-order valence-electron chi connectivity index (χ1n) is 4.99. The van der Waals surface area contributed by atoms with Crippen LogP contribution in [0.4, 0.5) is 4.39 Å². The number of hydrogen-bond donors (Lipinski definition) is 1. The zero-order valence-corrected chi connectivity index (χ0v) is 8.74. The summed E-state index contributed by atoms with van der Waals surface area (Å²) in [6, 6.07) is 4.85. The summed E-state index contributed by atoms with van der Waals surface area (Å²) in [5.74, 6) is 0.507. The van der Waals surface area contributed by atoms with Crippen molar-refractivity contribution in [2.75, 3.05) is 20.2 Å². The minimum absolute atomic E-state index is 0.226. The van der Waals surface area contributed by atoms with Crippen LogP contribution in [0.2, 0.25) is 0 Å². The molecule has 1 aliphatic heterocycles. The van der Waals surface area contributed by atoms with Gasteiger partial charge in [0.15, 0.2) is 0 Å². The van der Waals surface area contributed by atoms with Crippen molar-refractivity contribution in [3.05, 3.63) is 29.6 Å². The van der Waals surface area contributed by atoms with Gasteiger partial charge in [0, 0.05) is 31.2 Å². The highest BCUT2D eigenvalue weighted by Crippen LogP contribution is 2.22. The van der Waals surface area contributed by atoms with Crippen molar-refractivity contribution < 1.29 is 9.13 Å². The van der Waals surface area contributed by atoms with Gasteiger partial charge in [-0.1, -0.05) is 0 Å². The number of halogens is 1. The molecular weight excluding hydrogens is 195 g/mol. The third-order valence-corrected chi connectivity index (χ3v) is 2.62. The van der Waals surface area contributed by atoms with E-state index >= 15 is 0 Å². The molecule has 0 amide bonds. The van der Waals surface area contributed by atoms with E-state index in [1.165, 1.54) is 12.1 Å². The zero-order chi connectivity index (χ0) is 10.8. The number of benzene rings is 1. The molecule has 3 nitrogen and oxygen atoms in total. The summed E-state index contributed by atoms with van der Waals surface area (Å²) < 4.78 is 18.2. The van der Waals surface area contributed by atoms with Crippen LogP contribution >= 0.6 is 0 Å². The van der Waals surface area contributed by atoms with Crippen molar-refractivity contribution in [2.45, 2.75) is 12.6 Å². The minimum Gasteiger partial charge on any atom is -0.496 e. The summed E-state index contributed by atoms with van der Waals surface area (Å²) in [6.07, 6.45) is 0. The Morgan fingerprint density at radius 3 is 2.87 bits per heavy atom. The number of hydrogen-bond acceptors (Lipinski definition) is 3. The van der Waals surface area contributed by atoms with Crippen LogP contribution in [-0.4, -0.2) is 31.1 Å². The molecule has 82 valence electrons. The molecule has 1 saturated heterocycles. The summed E-state index contributed by atoms with van der Waals surface area (Å²) in [5.41, 5.74) is 6.56. The summed E-state index contributed by atoms with van der Waals surface area (Å²) in [6.45, 7) is 2.45. The maximum Gasteiger partial charge on any atom is 0.123 e. The largest absolute Gasteiger partial charge is 0.496 e. The average Bonchev–Trinajstić information content (AvgIpc) is 2.16. The molecular formula is C11H15FN2O. The van der Waals surface area contributed by atoms with Gasteiger partial charge in [-0.05, 0) is 18.2 Å². The van der Waals surface area contributed by atoms with Gasteiger partial charge >= 0.3 is 0 Å². The minimum atomic E-state index is -0.226. The standard InChI is InChI=1S/C11H15FN2O/c1-15-11-3-2-9(12)4-8(11)5-14-6-10(13)7-14/h2-4,10H,5-7,13H2,1H3. The molecule has 0 spiro atoms. The van der Waals surface area contributed by atoms with E-state index in [2.05, 4.69) is 4.90 Å². The molecule has 1 heterocycles. The lowest BCUT2D eigenvalue weighted by Crippen LogP contribution is -2.54. The smallest absolute Gasteiger partial charge is 0.123 e. The molecule has 0 saturated carbocycles. The summed E-state index contributed by atoms with van der Waals surface area (Å²) in [7, 11) is 1.60. The summed E-state index contributed by atoms with van der Waals surface area (Å²) in [5, 5.41) is 0. The Hall–Kier alpha value is -1.13. The van der Waals surface area contributed by atoms with Crippen LogP contribution < -0.4 is 10.5 Å². The number of likely N-dealkylation sites (tertiary alicyclic amines) is 1. The van der Waals surface area contributed by atoms with Gasteiger partial charge in [-0.25, -0.2) is 4.39 Å². The van der Waals surface area contributed by atoms with E-state index in [-0.39, 0.29) is 11.9 Å². The summed E-state index contributed by atoms with van der Waals surface area (Å²) in [4.78, 5) is 2.17. The van der Waals surface area contributed by atoms with Gasteiger partial charge in [0.1, 0.15) is 11.6 Å². The lowest BCUT2D eigenvalue weighted by atomic mass is 10.1. The Balaban J connectivity index is 2.08. The van der Waals surface area contributed by atoms with Crippen molar-refractivity contribution in [1.29, 1.82) is 0 Å². The van der Waals surface area contributed by atoms with Crippen LogP contribution in [0.3, 0.4) is 0 Å². The van der Waals surface area contributed by atoms with E-state index in [0.717, 1.165) is 24.4 Å². The second kappa shape index (κ2) is 4.16. The van der Waals surface area contributed by atoms with Crippen LogP contribution in [0, 0.1) is 5.82 Å². The predicted molar refractivity (Wildman–Crippen MR) is 56.2 cm³/mol. The molecule has 0 atom stereocenters. The lowest BCUT2D eigenvalue weighted by Gasteiger charge is -2.37. The highest BCUT2D eigenvalue weighted by Gasteiger charge is 2.23. The zero-order valence-electron chi connectivity index (χ0n) is 8.74. The summed E-state index contributed by atoms with van der Waals surface area (Å²) >= 11 is 0. The van der Waals surface area contributed by atoms with Gasteiger partial charge < -0.3 is 10.5 Å². The first-order chi connectivity index (χ1) is 7.19. The molecule has 1 fully saturated rings. The molecule has 0 aromatic heterocycles. The normalized spacial score (nSPS) is 17.5. The molecule has 15 heavy (non-hydrogen) atoms. The van der Waals surface area contributed by atoms with Crippen molar-refractivity contribution in [2.24, 2.45) is 5.73 Å². The molecule has 0 aliphatic carbocycles. The second-order valence-corrected chi connectivity index (χ2v) is 3.91. The van der Waals surface area contributed by atoms with Crippen LogP contribution in [0.25, 0.3) is 0 Å². The highest BCUT2D eigenvalue weighted by atomic mass is 19.1. The monoisotopic (exact) mass is 210 g/mol. The fourth-order valence-electron chi connectivity index (χ4n) is 1.85. The van der Waals surface area contributed by atoms with Crippen molar-refractivity contribution in [1.82, 2.24) is 4.90 Å². The van der Waals surface area contributed by atoms with Crippen LogP contribution in [0.15, 0.2) is 18.2 Å². The average molecular weight is 210 g/mol. The molecule has 1 aromatic carbocycles. The fourth-order valence-corrected chi connectivity index (χ4v) is 1.85. The number of rotatable bonds is 3. The Morgan fingerprint density at radius 2 is 2.27 bits per heavy atom. The third-order valence-electron chi connectivity index (χ3n) is 2.62. The number of ether oxygens (including phenoxy) is 1. The number of methoxy groups -OCH3 is 1. The lowest BCUT2D eigenvalue weighted by molar-refractivity contribution is 0.141. The number of nitrogens with zero attached hydrogens (tertiary/aromatic N) is 1. The van der Waals surface area contributed by atoms with Gasteiger partial charge in [0.05, 0.1) is 7.11 Å². The van der Waals surface area contributed by atoms with Gasteiger partial charge in [-0.15, -0.1) is 0 Å². The molecule has 4 heteroatoms. The predicted octanol–water partition coefficient (Wildman–Crippen LogP) is 0.977. The molecule has 0 bridgehead atoms.